The number of aliphatic hydroxyl groups excluding tert-OH is 1. The summed E-state index contributed by atoms with van der Waals surface area (Å²) in [4.78, 5) is 0. The maximum absolute atomic E-state index is 8.78. The molecule has 1 aromatic rings. The minimum Gasteiger partial charge on any atom is -0.396 e. The Bertz CT molecular complexity index is 369. The number of hydrogen-bond acceptors (Lipinski definition) is 2. The number of aliphatic hydroxyl groups is 1. The number of halogens is 1. The van der Waals surface area contributed by atoms with E-state index in [1.54, 1.807) is 0 Å². The third kappa shape index (κ3) is 3.71. The van der Waals surface area contributed by atoms with Crippen molar-refractivity contribution in [3.63, 3.8) is 0 Å². The Hall–Kier alpha value is -0.570. The lowest BCUT2D eigenvalue weighted by Gasteiger charge is -2.21. The number of hydrogen-bond donors (Lipinski definition) is 2. The predicted molar refractivity (Wildman–Crippen MR) is 76.2 cm³/mol. The van der Waals surface area contributed by atoms with Gasteiger partial charge < -0.3 is 10.4 Å². The highest BCUT2D eigenvalue weighted by Gasteiger charge is 2.27. The van der Waals surface area contributed by atoms with Crippen LogP contribution in [0.1, 0.15) is 43.6 Å². The van der Waals surface area contributed by atoms with E-state index in [9.17, 15) is 0 Å². The highest BCUT2D eigenvalue weighted by atomic mass is 35.5. The molecule has 100 valence electrons. The van der Waals surface area contributed by atoms with Crippen molar-refractivity contribution in [1.29, 1.82) is 0 Å². The molecule has 0 saturated heterocycles. The zero-order valence-corrected chi connectivity index (χ0v) is 11.5. The van der Waals surface area contributed by atoms with Crippen LogP contribution in [-0.2, 0) is 0 Å². The lowest BCUT2D eigenvalue weighted by Crippen LogP contribution is -2.32. The molecule has 1 aliphatic rings. The van der Waals surface area contributed by atoms with E-state index in [1.807, 2.05) is 12.1 Å². The molecule has 0 amide bonds. The first-order chi connectivity index (χ1) is 8.81. The smallest absolute Gasteiger partial charge is 0.0431 e. The van der Waals surface area contributed by atoms with Gasteiger partial charge in [-0.05, 0) is 55.8 Å². The summed E-state index contributed by atoms with van der Waals surface area (Å²) in [7, 11) is 0. The Morgan fingerprint density at radius 3 is 2.94 bits per heavy atom. The van der Waals surface area contributed by atoms with Crippen LogP contribution < -0.4 is 5.32 Å². The molecule has 1 aliphatic carbocycles. The summed E-state index contributed by atoms with van der Waals surface area (Å²) in [6, 6.07) is 8.83. The number of nitrogens with one attached hydrogen (secondary N) is 1. The van der Waals surface area contributed by atoms with E-state index in [4.69, 9.17) is 16.7 Å². The van der Waals surface area contributed by atoms with Gasteiger partial charge in [0.15, 0.2) is 0 Å². The van der Waals surface area contributed by atoms with E-state index < -0.39 is 0 Å². The van der Waals surface area contributed by atoms with Crippen LogP contribution in [0.2, 0.25) is 5.02 Å². The van der Waals surface area contributed by atoms with Crippen molar-refractivity contribution in [2.24, 2.45) is 0 Å². The first-order valence-corrected chi connectivity index (χ1v) is 7.29. The molecule has 2 unspecified atom stereocenters. The zero-order valence-electron chi connectivity index (χ0n) is 10.7. The highest BCUT2D eigenvalue weighted by Crippen LogP contribution is 2.35. The normalized spacial score (nSPS) is 23.4. The molecule has 2 N–H and O–H groups in total. The van der Waals surface area contributed by atoms with Crippen molar-refractivity contribution >= 4 is 11.6 Å². The molecule has 3 heteroatoms. The first-order valence-electron chi connectivity index (χ1n) is 6.91. The Morgan fingerprint density at radius 1 is 1.28 bits per heavy atom. The van der Waals surface area contributed by atoms with Gasteiger partial charge in [0.25, 0.3) is 0 Å². The van der Waals surface area contributed by atoms with Crippen LogP contribution >= 0.6 is 11.6 Å². The summed E-state index contributed by atoms with van der Waals surface area (Å²) in [6.07, 6.45) is 5.72. The maximum atomic E-state index is 8.78. The first kappa shape index (κ1) is 13.9. The molecule has 1 aromatic carbocycles. The van der Waals surface area contributed by atoms with Crippen LogP contribution in [0.5, 0.6) is 0 Å². The Kier molecular flexibility index (Phi) is 5.48. The average molecular weight is 268 g/mol. The fourth-order valence-electron chi connectivity index (χ4n) is 2.86. The molecule has 2 nitrogen and oxygen atoms in total. The molecule has 1 fully saturated rings. The number of rotatable bonds is 6. The van der Waals surface area contributed by atoms with E-state index in [1.165, 1.54) is 24.8 Å². The van der Waals surface area contributed by atoms with Gasteiger partial charge in [0.1, 0.15) is 0 Å². The van der Waals surface area contributed by atoms with Crippen LogP contribution in [-0.4, -0.2) is 24.3 Å². The van der Waals surface area contributed by atoms with Crippen LogP contribution in [0.4, 0.5) is 0 Å². The maximum Gasteiger partial charge on any atom is 0.0431 e. The summed E-state index contributed by atoms with van der Waals surface area (Å²) < 4.78 is 0. The molecule has 0 radical (unpaired) electrons. The summed E-state index contributed by atoms with van der Waals surface area (Å²) in [6.45, 7) is 1.30. The van der Waals surface area contributed by atoms with Crippen LogP contribution in [0.15, 0.2) is 24.3 Å². The van der Waals surface area contributed by atoms with Crippen molar-refractivity contribution < 1.29 is 5.11 Å². The lowest BCUT2D eigenvalue weighted by molar-refractivity contribution is 0.282. The summed E-state index contributed by atoms with van der Waals surface area (Å²) in [5.74, 6) is 0.595. The number of unbranched alkanes of at least 4 members (excludes halogenated alkanes) is 1. The van der Waals surface area contributed by atoms with Crippen molar-refractivity contribution in [1.82, 2.24) is 5.32 Å². The molecule has 0 aromatic heterocycles. The van der Waals surface area contributed by atoms with Crippen molar-refractivity contribution in [2.75, 3.05) is 13.2 Å². The molecule has 18 heavy (non-hydrogen) atoms. The van der Waals surface area contributed by atoms with Gasteiger partial charge in [-0.3, -0.25) is 0 Å². The molecule has 0 heterocycles. The molecule has 2 rings (SSSR count). The molecule has 0 bridgehead atoms. The molecule has 1 saturated carbocycles. The third-order valence-corrected chi connectivity index (χ3v) is 4.02. The molecule has 2 atom stereocenters. The van der Waals surface area contributed by atoms with Gasteiger partial charge >= 0.3 is 0 Å². The van der Waals surface area contributed by atoms with Gasteiger partial charge in [0.2, 0.25) is 0 Å². The van der Waals surface area contributed by atoms with Crippen LogP contribution in [0.25, 0.3) is 0 Å². The molecule has 0 aliphatic heterocycles. The third-order valence-electron chi connectivity index (χ3n) is 3.78. The van der Waals surface area contributed by atoms with Gasteiger partial charge in [0.05, 0.1) is 0 Å². The summed E-state index contributed by atoms with van der Waals surface area (Å²) >= 11 is 6.07. The van der Waals surface area contributed by atoms with Crippen molar-refractivity contribution in [3.8, 4) is 0 Å². The van der Waals surface area contributed by atoms with Crippen molar-refractivity contribution in [3.05, 3.63) is 34.9 Å². The summed E-state index contributed by atoms with van der Waals surface area (Å²) in [5.41, 5.74) is 1.36. The van der Waals surface area contributed by atoms with Gasteiger partial charge in [0, 0.05) is 17.7 Å². The second-order valence-electron chi connectivity index (χ2n) is 5.08. The van der Waals surface area contributed by atoms with E-state index in [-0.39, 0.29) is 0 Å². The highest BCUT2D eigenvalue weighted by molar-refractivity contribution is 6.30. The lowest BCUT2D eigenvalue weighted by atomic mass is 9.94. The van der Waals surface area contributed by atoms with Gasteiger partial charge in [-0.2, -0.15) is 0 Å². The van der Waals surface area contributed by atoms with Crippen LogP contribution in [0.3, 0.4) is 0 Å². The van der Waals surface area contributed by atoms with Gasteiger partial charge in [-0.25, -0.2) is 0 Å². The molecule has 0 spiro atoms. The molecular weight excluding hydrogens is 246 g/mol. The minimum absolute atomic E-state index is 0.296. The van der Waals surface area contributed by atoms with Gasteiger partial charge in [-0.15, -0.1) is 0 Å². The zero-order chi connectivity index (χ0) is 12.8. The summed E-state index contributed by atoms with van der Waals surface area (Å²) in [5, 5.41) is 13.2. The quantitative estimate of drug-likeness (QED) is 0.775. The minimum atomic E-state index is 0.296. The SMILES string of the molecule is OCCCCNC1CCCC1c1cccc(Cl)c1. The number of benzene rings is 1. The van der Waals surface area contributed by atoms with Crippen molar-refractivity contribution in [2.45, 2.75) is 44.1 Å². The Labute approximate surface area is 114 Å². The van der Waals surface area contributed by atoms with E-state index in [0.29, 0.717) is 18.6 Å². The topological polar surface area (TPSA) is 32.3 Å². The Balaban J connectivity index is 1.91. The fourth-order valence-corrected chi connectivity index (χ4v) is 3.06. The average Bonchev–Trinajstić information content (AvgIpc) is 2.83. The van der Waals surface area contributed by atoms with E-state index in [0.717, 1.165) is 24.4 Å². The molecular formula is C15H22ClNO. The van der Waals surface area contributed by atoms with Gasteiger partial charge in [-0.1, -0.05) is 30.2 Å². The predicted octanol–water partition coefficient (Wildman–Crippen LogP) is 3.34. The second-order valence-corrected chi connectivity index (χ2v) is 5.52. The Morgan fingerprint density at radius 2 is 2.17 bits per heavy atom. The standard InChI is InChI=1S/C15H22ClNO/c16-13-6-3-5-12(11-13)14-7-4-8-15(14)17-9-1-2-10-18/h3,5-6,11,14-15,17-18H,1-2,4,7-10H2. The largest absolute Gasteiger partial charge is 0.396 e. The monoisotopic (exact) mass is 267 g/mol. The van der Waals surface area contributed by atoms with Crippen LogP contribution in [0, 0.1) is 0 Å². The fraction of sp³-hybridized carbons (Fsp3) is 0.600. The second kappa shape index (κ2) is 7.13. The van der Waals surface area contributed by atoms with E-state index in [2.05, 4.69) is 17.4 Å². The van der Waals surface area contributed by atoms with E-state index >= 15 is 0 Å².